The molecule has 1 heterocycles. The van der Waals surface area contributed by atoms with E-state index in [1.807, 2.05) is 19.1 Å². The molecule has 0 spiro atoms. The summed E-state index contributed by atoms with van der Waals surface area (Å²) in [7, 11) is 0. The molecule has 2 aromatic rings. The second-order valence-electron chi connectivity index (χ2n) is 5.62. The number of aryl methyl sites for hydroxylation is 1. The molecule has 0 aliphatic rings. The Balaban J connectivity index is 2.16. The quantitative estimate of drug-likeness (QED) is 0.928. The van der Waals surface area contributed by atoms with Crippen LogP contribution in [0.25, 0.3) is 10.6 Å². The minimum absolute atomic E-state index is 0.0818. The predicted octanol–water partition coefficient (Wildman–Crippen LogP) is 4.06. The van der Waals surface area contributed by atoms with E-state index in [-0.39, 0.29) is 5.54 Å². The van der Waals surface area contributed by atoms with E-state index < -0.39 is 0 Å². The summed E-state index contributed by atoms with van der Waals surface area (Å²) < 4.78 is 0. The zero-order valence-corrected chi connectivity index (χ0v) is 13.2. The molecule has 0 aliphatic heterocycles. The second-order valence-corrected chi connectivity index (χ2v) is 7.12. The third-order valence-corrected chi connectivity index (χ3v) is 3.72. The highest BCUT2D eigenvalue weighted by molar-refractivity contribution is 7.14. The molecule has 0 unspecified atom stereocenters. The predicted molar refractivity (Wildman–Crippen MR) is 81.7 cm³/mol. The van der Waals surface area contributed by atoms with Crippen molar-refractivity contribution in [3.05, 3.63) is 33.8 Å². The van der Waals surface area contributed by atoms with Gasteiger partial charge in [-0.05, 0) is 51.5 Å². The molecule has 102 valence electrons. The van der Waals surface area contributed by atoms with Gasteiger partial charge in [0.15, 0.2) is 0 Å². The van der Waals surface area contributed by atoms with E-state index in [0.29, 0.717) is 0 Å². The fourth-order valence-electron chi connectivity index (χ4n) is 1.64. The van der Waals surface area contributed by atoms with Crippen LogP contribution in [0.5, 0.6) is 0 Å². The summed E-state index contributed by atoms with van der Waals surface area (Å²) in [5.74, 6) is 0. The third kappa shape index (κ3) is 4.27. The molecule has 0 saturated heterocycles. The summed E-state index contributed by atoms with van der Waals surface area (Å²) in [5, 5.41) is 14.5. The van der Waals surface area contributed by atoms with Gasteiger partial charge in [-0.2, -0.15) is 0 Å². The van der Waals surface area contributed by atoms with Gasteiger partial charge in [0.05, 0.1) is 6.54 Å². The van der Waals surface area contributed by atoms with Crippen LogP contribution in [0, 0.1) is 6.92 Å². The Morgan fingerprint density at radius 2 is 1.95 bits per heavy atom. The fraction of sp³-hybridized carbons (Fsp3) is 0.429. The van der Waals surface area contributed by atoms with Crippen molar-refractivity contribution in [2.45, 2.75) is 39.8 Å². The van der Waals surface area contributed by atoms with Crippen molar-refractivity contribution < 1.29 is 0 Å². The standard InChI is InChI=1S/C14H18ClN3S/c1-9-5-10(7-11(15)6-9)13-18-17-12(19-13)8-16-14(2,3)4/h5-7,16H,8H2,1-4H3. The normalized spacial score (nSPS) is 11.8. The van der Waals surface area contributed by atoms with Crippen molar-refractivity contribution in [3.8, 4) is 10.6 Å². The number of rotatable bonds is 3. The average molecular weight is 296 g/mol. The van der Waals surface area contributed by atoms with Gasteiger partial charge in [0.25, 0.3) is 0 Å². The molecule has 5 heteroatoms. The molecule has 0 bridgehead atoms. The zero-order chi connectivity index (χ0) is 14.0. The summed E-state index contributed by atoms with van der Waals surface area (Å²) in [6.45, 7) is 9.17. The highest BCUT2D eigenvalue weighted by Crippen LogP contribution is 2.27. The molecule has 19 heavy (non-hydrogen) atoms. The van der Waals surface area contributed by atoms with Crippen molar-refractivity contribution in [1.82, 2.24) is 15.5 Å². The maximum atomic E-state index is 6.07. The summed E-state index contributed by atoms with van der Waals surface area (Å²) in [6.07, 6.45) is 0. The number of halogens is 1. The lowest BCUT2D eigenvalue weighted by atomic mass is 10.1. The van der Waals surface area contributed by atoms with E-state index in [4.69, 9.17) is 11.6 Å². The zero-order valence-electron chi connectivity index (χ0n) is 11.6. The second kappa shape index (κ2) is 5.57. The Morgan fingerprint density at radius 3 is 2.58 bits per heavy atom. The Hall–Kier alpha value is -0.970. The Bertz CT molecular complexity index is 552. The highest BCUT2D eigenvalue weighted by Gasteiger charge is 2.12. The van der Waals surface area contributed by atoms with E-state index >= 15 is 0 Å². The molecular formula is C14H18ClN3S. The van der Waals surface area contributed by atoms with Gasteiger partial charge in [-0.15, -0.1) is 10.2 Å². The molecule has 1 aromatic heterocycles. The molecule has 0 radical (unpaired) electrons. The molecular weight excluding hydrogens is 278 g/mol. The summed E-state index contributed by atoms with van der Waals surface area (Å²) in [4.78, 5) is 0. The van der Waals surface area contributed by atoms with Crippen LogP contribution in [0.15, 0.2) is 18.2 Å². The van der Waals surface area contributed by atoms with Crippen LogP contribution in [0.1, 0.15) is 31.3 Å². The Labute approximate surface area is 123 Å². The number of benzene rings is 1. The molecule has 0 aliphatic carbocycles. The van der Waals surface area contributed by atoms with Gasteiger partial charge >= 0.3 is 0 Å². The number of hydrogen-bond acceptors (Lipinski definition) is 4. The van der Waals surface area contributed by atoms with Crippen molar-refractivity contribution in [3.63, 3.8) is 0 Å². The number of hydrogen-bond donors (Lipinski definition) is 1. The van der Waals surface area contributed by atoms with Gasteiger partial charge in [0, 0.05) is 16.1 Å². The van der Waals surface area contributed by atoms with E-state index in [2.05, 4.69) is 42.4 Å². The molecule has 1 aromatic carbocycles. The van der Waals surface area contributed by atoms with Gasteiger partial charge < -0.3 is 5.32 Å². The molecule has 0 fully saturated rings. The molecule has 0 saturated carbocycles. The first kappa shape index (κ1) is 14.4. The SMILES string of the molecule is Cc1cc(Cl)cc(-c2nnc(CNC(C)(C)C)s2)c1. The first-order chi connectivity index (χ1) is 8.83. The lowest BCUT2D eigenvalue weighted by Crippen LogP contribution is -2.35. The molecule has 3 nitrogen and oxygen atoms in total. The Morgan fingerprint density at radius 1 is 1.21 bits per heavy atom. The van der Waals surface area contributed by atoms with E-state index in [1.54, 1.807) is 11.3 Å². The molecule has 0 atom stereocenters. The van der Waals surface area contributed by atoms with Crippen LogP contribution in [-0.4, -0.2) is 15.7 Å². The smallest absolute Gasteiger partial charge is 0.147 e. The summed E-state index contributed by atoms with van der Waals surface area (Å²) in [6, 6.07) is 5.94. The number of aromatic nitrogens is 2. The van der Waals surface area contributed by atoms with Gasteiger partial charge in [-0.3, -0.25) is 0 Å². The van der Waals surface area contributed by atoms with Crippen LogP contribution >= 0.6 is 22.9 Å². The largest absolute Gasteiger partial charge is 0.306 e. The highest BCUT2D eigenvalue weighted by atomic mass is 35.5. The monoisotopic (exact) mass is 295 g/mol. The summed E-state index contributed by atoms with van der Waals surface area (Å²) in [5.41, 5.74) is 2.25. The topological polar surface area (TPSA) is 37.8 Å². The Kier molecular flexibility index (Phi) is 4.23. The lowest BCUT2D eigenvalue weighted by Gasteiger charge is -2.19. The third-order valence-electron chi connectivity index (χ3n) is 2.53. The van der Waals surface area contributed by atoms with E-state index in [9.17, 15) is 0 Å². The van der Waals surface area contributed by atoms with Gasteiger partial charge in [0.1, 0.15) is 10.0 Å². The van der Waals surface area contributed by atoms with Crippen LogP contribution in [0.3, 0.4) is 0 Å². The maximum Gasteiger partial charge on any atom is 0.147 e. The lowest BCUT2D eigenvalue weighted by molar-refractivity contribution is 0.423. The van der Waals surface area contributed by atoms with Crippen molar-refractivity contribution >= 4 is 22.9 Å². The minimum Gasteiger partial charge on any atom is -0.306 e. The van der Waals surface area contributed by atoms with E-state index in [1.165, 1.54) is 0 Å². The van der Waals surface area contributed by atoms with Gasteiger partial charge in [-0.1, -0.05) is 22.9 Å². The molecule has 2 rings (SSSR count). The fourth-order valence-corrected chi connectivity index (χ4v) is 2.70. The first-order valence-corrected chi connectivity index (χ1v) is 7.38. The number of nitrogens with zero attached hydrogens (tertiary/aromatic N) is 2. The molecule has 1 N–H and O–H groups in total. The number of nitrogens with one attached hydrogen (secondary N) is 1. The first-order valence-electron chi connectivity index (χ1n) is 6.18. The summed E-state index contributed by atoms with van der Waals surface area (Å²) >= 11 is 7.67. The van der Waals surface area contributed by atoms with Crippen molar-refractivity contribution in [2.75, 3.05) is 0 Å². The molecule has 0 amide bonds. The van der Waals surface area contributed by atoms with Crippen LogP contribution in [0.4, 0.5) is 0 Å². The van der Waals surface area contributed by atoms with Gasteiger partial charge in [0.2, 0.25) is 0 Å². The van der Waals surface area contributed by atoms with Crippen molar-refractivity contribution in [1.29, 1.82) is 0 Å². The maximum absolute atomic E-state index is 6.07. The van der Waals surface area contributed by atoms with Crippen LogP contribution in [-0.2, 0) is 6.54 Å². The minimum atomic E-state index is 0.0818. The van der Waals surface area contributed by atoms with Crippen LogP contribution in [0.2, 0.25) is 5.02 Å². The van der Waals surface area contributed by atoms with Crippen LogP contribution < -0.4 is 5.32 Å². The average Bonchev–Trinajstić information content (AvgIpc) is 2.72. The van der Waals surface area contributed by atoms with E-state index in [0.717, 1.165) is 32.7 Å². The van der Waals surface area contributed by atoms with Gasteiger partial charge in [-0.25, -0.2) is 0 Å². The van der Waals surface area contributed by atoms with Crippen molar-refractivity contribution in [2.24, 2.45) is 0 Å².